The Kier molecular flexibility index (Phi) is 3.99. The molecule has 0 fully saturated rings. The van der Waals surface area contributed by atoms with E-state index in [4.69, 9.17) is 0 Å². The monoisotopic (exact) mass is 345 g/mol. The number of para-hydroxylation sites is 1. The van der Waals surface area contributed by atoms with E-state index in [1.165, 1.54) is 12.1 Å². The van der Waals surface area contributed by atoms with Crippen molar-refractivity contribution in [3.05, 3.63) is 76.1 Å². The van der Waals surface area contributed by atoms with Gasteiger partial charge < -0.3 is 5.11 Å². The van der Waals surface area contributed by atoms with Gasteiger partial charge in [0.05, 0.1) is 11.6 Å². The van der Waals surface area contributed by atoms with Crippen LogP contribution in [0.2, 0.25) is 0 Å². The Hall–Kier alpha value is -1.78. The molecular weight excluding hydrogens is 333 g/mol. The van der Waals surface area contributed by atoms with Gasteiger partial charge in [-0.15, -0.1) is 0 Å². The topological polar surface area (TPSA) is 33.1 Å². The Labute approximate surface area is 130 Å². The van der Waals surface area contributed by atoms with Crippen LogP contribution in [-0.4, -0.2) is 10.1 Å². The molecular formula is C17H13BrFNO. The van der Waals surface area contributed by atoms with Crippen LogP contribution in [0, 0.1) is 5.82 Å². The standard InChI is InChI=1S/C17H13BrFNO/c18-15-10-12(19)5-6-14(15)17(21)9-11-7-8-20-16-4-2-1-3-13(11)16/h1-8,10,17,21H,9H2. The van der Waals surface area contributed by atoms with Crippen molar-refractivity contribution in [2.75, 3.05) is 0 Å². The fraction of sp³-hybridized carbons (Fsp3) is 0.118. The van der Waals surface area contributed by atoms with Crippen LogP contribution in [0.1, 0.15) is 17.2 Å². The third-order valence-electron chi connectivity index (χ3n) is 3.47. The highest BCUT2D eigenvalue weighted by Gasteiger charge is 2.14. The number of aliphatic hydroxyl groups is 1. The molecule has 4 heteroatoms. The van der Waals surface area contributed by atoms with Gasteiger partial charge in [0.15, 0.2) is 0 Å². The van der Waals surface area contributed by atoms with Crippen LogP contribution >= 0.6 is 15.9 Å². The Morgan fingerprint density at radius 1 is 1.14 bits per heavy atom. The van der Waals surface area contributed by atoms with E-state index < -0.39 is 6.10 Å². The third kappa shape index (κ3) is 2.96. The summed E-state index contributed by atoms with van der Waals surface area (Å²) in [6.45, 7) is 0. The molecule has 3 rings (SSSR count). The molecule has 1 unspecified atom stereocenters. The van der Waals surface area contributed by atoms with E-state index in [1.807, 2.05) is 30.3 Å². The fourth-order valence-electron chi connectivity index (χ4n) is 2.42. The highest BCUT2D eigenvalue weighted by Crippen LogP contribution is 2.28. The molecule has 0 saturated heterocycles. The zero-order valence-corrected chi connectivity index (χ0v) is 12.7. The van der Waals surface area contributed by atoms with Crippen LogP contribution in [0.5, 0.6) is 0 Å². The molecule has 1 heterocycles. The average Bonchev–Trinajstić information content (AvgIpc) is 2.47. The second-order valence-electron chi connectivity index (χ2n) is 4.87. The second-order valence-corrected chi connectivity index (χ2v) is 5.73. The van der Waals surface area contributed by atoms with Crippen molar-refractivity contribution in [1.82, 2.24) is 4.98 Å². The number of hydrogen-bond acceptors (Lipinski definition) is 2. The molecule has 106 valence electrons. The lowest BCUT2D eigenvalue weighted by Crippen LogP contribution is -2.04. The number of rotatable bonds is 3. The lowest BCUT2D eigenvalue weighted by atomic mass is 9.99. The first-order chi connectivity index (χ1) is 10.1. The highest BCUT2D eigenvalue weighted by atomic mass is 79.9. The van der Waals surface area contributed by atoms with Gasteiger partial charge in [0.2, 0.25) is 0 Å². The Morgan fingerprint density at radius 2 is 1.95 bits per heavy atom. The normalized spacial score (nSPS) is 12.5. The van der Waals surface area contributed by atoms with Gasteiger partial charge in [0, 0.05) is 22.5 Å². The molecule has 0 amide bonds. The maximum Gasteiger partial charge on any atom is 0.124 e. The quantitative estimate of drug-likeness (QED) is 0.762. The molecule has 0 saturated carbocycles. The van der Waals surface area contributed by atoms with E-state index in [0.717, 1.165) is 16.5 Å². The molecule has 1 aromatic heterocycles. The maximum atomic E-state index is 13.1. The zero-order valence-electron chi connectivity index (χ0n) is 11.1. The van der Waals surface area contributed by atoms with Crippen LogP contribution in [-0.2, 0) is 6.42 Å². The Bertz CT molecular complexity index is 785. The summed E-state index contributed by atoms with van der Waals surface area (Å²) < 4.78 is 13.7. The van der Waals surface area contributed by atoms with Crippen LogP contribution in [0.3, 0.4) is 0 Å². The number of aliphatic hydroxyl groups excluding tert-OH is 1. The summed E-state index contributed by atoms with van der Waals surface area (Å²) in [5.74, 6) is -0.327. The van der Waals surface area contributed by atoms with Crippen molar-refractivity contribution >= 4 is 26.8 Å². The van der Waals surface area contributed by atoms with Gasteiger partial charge in [0.1, 0.15) is 5.82 Å². The lowest BCUT2D eigenvalue weighted by Gasteiger charge is -2.14. The van der Waals surface area contributed by atoms with E-state index in [1.54, 1.807) is 12.3 Å². The number of fused-ring (bicyclic) bond motifs is 1. The number of halogens is 2. The molecule has 1 N–H and O–H groups in total. The first-order valence-corrected chi connectivity index (χ1v) is 7.40. The van der Waals surface area contributed by atoms with E-state index in [9.17, 15) is 9.50 Å². The first kappa shape index (κ1) is 14.2. The molecule has 1 atom stereocenters. The largest absolute Gasteiger partial charge is 0.388 e. The number of nitrogens with zero attached hydrogens (tertiary/aromatic N) is 1. The first-order valence-electron chi connectivity index (χ1n) is 6.61. The summed E-state index contributed by atoms with van der Waals surface area (Å²) in [7, 11) is 0. The van der Waals surface area contributed by atoms with Crippen molar-refractivity contribution in [3.63, 3.8) is 0 Å². The van der Waals surface area contributed by atoms with Crippen LogP contribution < -0.4 is 0 Å². The summed E-state index contributed by atoms with van der Waals surface area (Å²) in [5.41, 5.74) is 2.60. The van der Waals surface area contributed by atoms with E-state index in [2.05, 4.69) is 20.9 Å². The van der Waals surface area contributed by atoms with Crippen LogP contribution in [0.15, 0.2) is 59.2 Å². The van der Waals surface area contributed by atoms with Gasteiger partial charge >= 0.3 is 0 Å². The van der Waals surface area contributed by atoms with Crippen LogP contribution in [0.25, 0.3) is 10.9 Å². The summed E-state index contributed by atoms with van der Waals surface area (Å²) in [6.07, 6.45) is 1.49. The molecule has 0 bridgehead atoms. The summed E-state index contributed by atoms with van der Waals surface area (Å²) >= 11 is 3.30. The van der Waals surface area contributed by atoms with E-state index in [0.29, 0.717) is 16.5 Å². The smallest absolute Gasteiger partial charge is 0.124 e. The minimum atomic E-state index is -0.703. The van der Waals surface area contributed by atoms with E-state index >= 15 is 0 Å². The summed E-state index contributed by atoms with van der Waals surface area (Å²) in [4.78, 5) is 4.31. The molecule has 0 spiro atoms. The number of benzene rings is 2. The second kappa shape index (κ2) is 5.92. The SMILES string of the molecule is OC(Cc1ccnc2ccccc12)c1ccc(F)cc1Br. The average molecular weight is 346 g/mol. The highest BCUT2D eigenvalue weighted by molar-refractivity contribution is 9.10. The molecule has 21 heavy (non-hydrogen) atoms. The van der Waals surface area contributed by atoms with Crippen molar-refractivity contribution < 1.29 is 9.50 Å². The molecule has 2 aromatic carbocycles. The van der Waals surface area contributed by atoms with Gasteiger partial charge in [-0.25, -0.2) is 4.39 Å². The number of pyridine rings is 1. The molecule has 0 radical (unpaired) electrons. The zero-order chi connectivity index (χ0) is 14.8. The Morgan fingerprint density at radius 3 is 2.76 bits per heavy atom. The van der Waals surface area contributed by atoms with Gasteiger partial charge in [0.25, 0.3) is 0 Å². The minimum absolute atomic E-state index is 0.327. The predicted molar refractivity (Wildman–Crippen MR) is 84.5 cm³/mol. The molecule has 3 aromatic rings. The van der Waals surface area contributed by atoms with Gasteiger partial charge in [-0.1, -0.05) is 40.2 Å². The van der Waals surface area contributed by atoms with Crippen molar-refractivity contribution in [2.24, 2.45) is 0 Å². The lowest BCUT2D eigenvalue weighted by molar-refractivity contribution is 0.178. The van der Waals surface area contributed by atoms with Gasteiger partial charge in [-0.3, -0.25) is 4.98 Å². The van der Waals surface area contributed by atoms with Crippen molar-refractivity contribution in [2.45, 2.75) is 12.5 Å². The molecule has 0 aliphatic rings. The third-order valence-corrected chi connectivity index (χ3v) is 4.16. The van der Waals surface area contributed by atoms with Gasteiger partial charge in [-0.05, 0) is 35.4 Å². The van der Waals surface area contributed by atoms with Gasteiger partial charge in [-0.2, -0.15) is 0 Å². The predicted octanol–water partition coefficient (Wildman–Crippen LogP) is 4.41. The minimum Gasteiger partial charge on any atom is -0.388 e. The summed E-state index contributed by atoms with van der Waals surface area (Å²) in [5, 5.41) is 11.5. The molecule has 2 nitrogen and oxygen atoms in total. The molecule has 0 aliphatic carbocycles. The van der Waals surface area contributed by atoms with Crippen molar-refractivity contribution in [3.8, 4) is 0 Å². The van der Waals surface area contributed by atoms with Crippen molar-refractivity contribution in [1.29, 1.82) is 0 Å². The Balaban J connectivity index is 1.94. The van der Waals surface area contributed by atoms with E-state index in [-0.39, 0.29) is 5.82 Å². The number of aromatic nitrogens is 1. The maximum absolute atomic E-state index is 13.1. The fourth-order valence-corrected chi connectivity index (χ4v) is 3.04. The molecule has 0 aliphatic heterocycles. The summed E-state index contributed by atoms with van der Waals surface area (Å²) in [6, 6.07) is 14.1. The number of hydrogen-bond donors (Lipinski definition) is 1. The van der Waals surface area contributed by atoms with Crippen LogP contribution in [0.4, 0.5) is 4.39 Å².